The van der Waals surface area contributed by atoms with Crippen LogP contribution < -0.4 is 0 Å². The minimum atomic E-state index is -0.580. The Morgan fingerprint density at radius 1 is 0.333 bits per heavy atom. The van der Waals surface area contributed by atoms with Crippen LogP contribution in [0.3, 0.4) is 0 Å². The summed E-state index contributed by atoms with van der Waals surface area (Å²) >= 11 is 0. The highest BCUT2D eigenvalue weighted by Crippen LogP contribution is 2.44. The van der Waals surface area contributed by atoms with Gasteiger partial charge in [-0.05, 0) is 83.5 Å². The van der Waals surface area contributed by atoms with Gasteiger partial charge >= 0.3 is 0 Å². The molecule has 0 nitrogen and oxygen atoms in total. The molecule has 7 aromatic carbocycles. The molecule has 2 heteroatoms. The summed E-state index contributed by atoms with van der Waals surface area (Å²) in [5.41, 5.74) is 3.62. The Kier molecular flexibility index (Phi) is 4.62. The molecule has 7 rings (SSSR count). The topological polar surface area (TPSA) is 0 Å². The number of halogens is 2. The van der Waals surface area contributed by atoms with Crippen LogP contribution >= 0.6 is 0 Å². The first-order chi connectivity index (χ1) is 17.7. The van der Waals surface area contributed by atoms with Gasteiger partial charge in [0.1, 0.15) is 11.6 Å². The number of rotatable bonds is 2. The monoisotopic (exact) mass is 466 g/mol. The van der Waals surface area contributed by atoms with Gasteiger partial charge in [0.05, 0.1) is 0 Å². The van der Waals surface area contributed by atoms with Gasteiger partial charge in [-0.25, -0.2) is 8.78 Å². The molecule has 0 aliphatic rings. The van der Waals surface area contributed by atoms with E-state index >= 15 is 0 Å². The predicted molar refractivity (Wildman–Crippen MR) is 147 cm³/mol. The van der Waals surface area contributed by atoms with Gasteiger partial charge in [-0.15, -0.1) is 0 Å². The van der Waals surface area contributed by atoms with E-state index in [-0.39, 0.29) is 0 Å². The fourth-order valence-corrected chi connectivity index (χ4v) is 5.62. The Morgan fingerprint density at radius 2 is 0.806 bits per heavy atom. The summed E-state index contributed by atoms with van der Waals surface area (Å²) in [6, 6.07) is 39.4. The second-order valence-electron chi connectivity index (χ2n) is 9.22. The van der Waals surface area contributed by atoms with Crippen LogP contribution in [0.5, 0.6) is 0 Å². The maximum atomic E-state index is 14.3. The van der Waals surface area contributed by atoms with Gasteiger partial charge in [0.2, 0.25) is 0 Å². The van der Waals surface area contributed by atoms with Crippen molar-refractivity contribution in [3.05, 3.63) is 133 Å². The van der Waals surface area contributed by atoms with Crippen LogP contribution in [0.25, 0.3) is 65.3 Å². The molecule has 170 valence electrons. The van der Waals surface area contributed by atoms with Crippen molar-refractivity contribution in [1.82, 2.24) is 0 Å². The van der Waals surface area contributed by atoms with Gasteiger partial charge in [-0.3, -0.25) is 0 Å². The van der Waals surface area contributed by atoms with Gasteiger partial charge in [-0.2, -0.15) is 0 Å². The molecule has 0 saturated carbocycles. The summed E-state index contributed by atoms with van der Waals surface area (Å²) in [5.74, 6) is -1.16. The maximum absolute atomic E-state index is 14.3. The molecule has 0 atom stereocenters. The van der Waals surface area contributed by atoms with Crippen molar-refractivity contribution in [2.45, 2.75) is 0 Å². The Labute approximate surface area is 207 Å². The molecule has 36 heavy (non-hydrogen) atoms. The van der Waals surface area contributed by atoms with Crippen molar-refractivity contribution in [2.24, 2.45) is 0 Å². The molecule has 0 heterocycles. The Balaban J connectivity index is 1.59. The third kappa shape index (κ3) is 3.19. The molecule has 0 aliphatic carbocycles. The van der Waals surface area contributed by atoms with E-state index in [9.17, 15) is 8.78 Å². The number of fused-ring (bicyclic) bond motifs is 5. The molecule has 7 aromatic rings. The lowest BCUT2D eigenvalue weighted by molar-refractivity contribution is 0.584. The molecular weight excluding hydrogens is 446 g/mol. The zero-order valence-electron chi connectivity index (χ0n) is 19.3. The van der Waals surface area contributed by atoms with E-state index < -0.39 is 11.6 Å². The minimum absolute atomic E-state index is 0.538. The first kappa shape index (κ1) is 20.8. The normalized spacial score (nSPS) is 11.6. The number of benzene rings is 7. The molecule has 0 N–H and O–H groups in total. The highest BCUT2D eigenvalue weighted by atomic mass is 19.1. The average Bonchev–Trinajstić information content (AvgIpc) is 2.90. The van der Waals surface area contributed by atoms with Crippen LogP contribution in [0.4, 0.5) is 8.78 Å². The van der Waals surface area contributed by atoms with Crippen molar-refractivity contribution in [3.8, 4) is 22.3 Å². The van der Waals surface area contributed by atoms with Crippen LogP contribution in [0.2, 0.25) is 0 Å². The van der Waals surface area contributed by atoms with E-state index in [0.29, 0.717) is 5.56 Å². The predicted octanol–water partition coefficient (Wildman–Crippen LogP) is 9.91. The smallest absolute Gasteiger partial charge is 0.126 e. The lowest BCUT2D eigenvalue weighted by Crippen LogP contribution is -1.92. The third-order valence-corrected chi connectivity index (χ3v) is 7.12. The lowest BCUT2D eigenvalue weighted by Gasteiger charge is -2.18. The molecule has 0 aromatic heterocycles. The summed E-state index contributed by atoms with van der Waals surface area (Å²) in [4.78, 5) is 0. The fourth-order valence-electron chi connectivity index (χ4n) is 5.62. The van der Waals surface area contributed by atoms with Crippen LogP contribution in [-0.2, 0) is 0 Å². The van der Waals surface area contributed by atoms with Crippen molar-refractivity contribution in [1.29, 1.82) is 0 Å². The van der Waals surface area contributed by atoms with Gasteiger partial charge in [0.15, 0.2) is 0 Å². The highest BCUT2D eigenvalue weighted by molar-refractivity contribution is 6.22. The summed E-state index contributed by atoms with van der Waals surface area (Å²) in [6.07, 6.45) is 0. The maximum Gasteiger partial charge on any atom is 0.126 e. The van der Waals surface area contributed by atoms with Gasteiger partial charge in [0.25, 0.3) is 0 Å². The zero-order chi connectivity index (χ0) is 24.2. The van der Waals surface area contributed by atoms with E-state index in [1.807, 2.05) is 36.4 Å². The molecule has 0 unspecified atom stereocenters. The lowest BCUT2D eigenvalue weighted by atomic mass is 9.85. The van der Waals surface area contributed by atoms with E-state index in [1.165, 1.54) is 33.7 Å². The van der Waals surface area contributed by atoms with Crippen molar-refractivity contribution in [2.75, 3.05) is 0 Å². The first-order valence-electron chi connectivity index (χ1n) is 12.0. The minimum Gasteiger partial charge on any atom is -0.207 e. The van der Waals surface area contributed by atoms with E-state index in [1.54, 1.807) is 0 Å². The van der Waals surface area contributed by atoms with Gasteiger partial charge < -0.3 is 0 Å². The third-order valence-electron chi connectivity index (χ3n) is 7.12. The van der Waals surface area contributed by atoms with E-state index in [2.05, 4.69) is 66.7 Å². The second kappa shape index (κ2) is 8.00. The summed E-state index contributed by atoms with van der Waals surface area (Å²) in [6.45, 7) is 0. The second-order valence-corrected chi connectivity index (χ2v) is 9.22. The Bertz CT molecular complexity index is 1890. The summed E-state index contributed by atoms with van der Waals surface area (Å²) in [5, 5.41) is 8.89. The molecule has 0 fully saturated rings. The van der Waals surface area contributed by atoms with Crippen molar-refractivity contribution < 1.29 is 8.78 Å². The number of hydrogen-bond donors (Lipinski definition) is 0. The molecule has 0 saturated heterocycles. The van der Waals surface area contributed by atoms with Crippen LogP contribution in [0.15, 0.2) is 121 Å². The van der Waals surface area contributed by atoms with Gasteiger partial charge in [-0.1, -0.05) is 97.1 Å². The molecule has 0 amide bonds. The Morgan fingerprint density at radius 3 is 1.42 bits per heavy atom. The standard InChI is InChI=1S/C34H20F2/c35-25-18-24(19-26(36)20-25)34-31-11-5-3-9-29(31)33(30-10-4-6-12-32(30)34)23-15-16-28-22(17-23)14-13-21-7-1-2-8-27(21)28/h1-20H. The number of hydrogen-bond acceptors (Lipinski definition) is 0. The molecule has 0 bridgehead atoms. The average molecular weight is 467 g/mol. The molecule has 0 aliphatic heterocycles. The van der Waals surface area contributed by atoms with Gasteiger partial charge in [0, 0.05) is 6.07 Å². The summed E-state index contributed by atoms with van der Waals surface area (Å²) < 4.78 is 28.6. The zero-order valence-corrected chi connectivity index (χ0v) is 19.3. The summed E-state index contributed by atoms with van der Waals surface area (Å²) in [7, 11) is 0. The fraction of sp³-hybridized carbons (Fsp3) is 0. The first-order valence-corrected chi connectivity index (χ1v) is 12.0. The van der Waals surface area contributed by atoms with Crippen molar-refractivity contribution in [3.63, 3.8) is 0 Å². The van der Waals surface area contributed by atoms with Crippen LogP contribution in [-0.4, -0.2) is 0 Å². The molecular formula is C34H20F2. The highest BCUT2D eigenvalue weighted by Gasteiger charge is 2.17. The van der Waals surface area contributed by atoms with Crippen molar-refractivity contribution >= 4 is 43.1 Å². The molecule has 0 radical (unpaired) electrons. The SMILES string of the molecule is Fc1cc(F)cc(-c2c3ccccc3c(-c3ccc4c(ccc5ccccc54)c3)c3ccccc23)c1. The molecule has 0 spiro atoms. The quantitative estimate of drug-likeness (QED) is 0.176. The Hall–Kier alpha value is -4.56. The van der Waals surface area contributed by atoms with E-state index in [4.69, 9.17) is 0 Å². The largest absolute Gasteiger partial charge is 0.207 e. The van der Waals surface area contributed by atoms with Crippen LogP contribution in [0.1, 0.15) is 0 Å². The van der Waals surface area contributed by atoms with Crippen LogP contribution in [0, 0.1) is 11.6 Å². The van der Waals surface area contributed by atoms with E-state index in [0.717, 1.165) is 44.3 Å².